The highest BCUT2D eigenvalue weighted by Gasteiger charge is 2.22. The van der Waals surface area contributed by atoms with Crippen LogP contribution in [0.3, 0.4) is 0 Å². The maximum Gasteiger partial charge on any atom is 0.213 e. The van der Waals surface area contributed by atoms with E-state index in [2.05, 4.69) is 47.1 Å². The van der Waals surface area contributed by atoms with E-state index < -0.39 is 0 Å². The normalized spacial score (nSPS) is 13.8. The van der Waals surface area contributed by atoms with Gasteiger partial charge in [-0.15, -0.1) is 0 Å². The summed E-state index contributed by atoms with van der Waals surface area (Å²) >= 11 is 0. The van der Waals surface area contributed by atoms with Crippen molar-refractivity contribution >= 4 is 11.4 Å². The Balaban J connectivity index is 1.57. The van der Waals surface area contributed by atoms with Gasteiger partial charge in [0.25, 0.3) is 0 Å². The monoisotopic (exact) mass is 433 g/mol. The highest BCUT2D eigenvalue weighted by Crippen LogP contribution is 2.34. The molecule has 32 heavy (non-hydrogen) atoms. The van der Waals surface area contributed by atoms with E-state index >= 15 is 0 Å². The number of methoxy groups -OCH3 is 2. The van der Waals surface area contributed by atoms with Crippen molar-refractivity contribution in [2.24, 2.45) is 0 Å². The van der Waals surface area contributed by atoms with Gasteiger partial charge in [-0.05, 0) is 67.9 Å². The smallest absolute Gasteiger partial charge is 0.213 e. The summed E-state index contributed by atoms with van der Waals surface area (Å²) in [7, 11) is 3.35. The standard InChI is InChI=1S/C26H31N3O3/c1-5-32-24-12-6-20(18-19(24)2)26-23(11-13-25(27-26)31-4)29-16-14-28(15-17-29)21-7-9-22(30-3)10-8-21/h6-13,18H,5,14-17H2,1-4H3. The third kappa shape index (κ3) is 4.59. The first-order chi connectivity index (χ1) is 15.6. The Hall–Kier alpha value is -3.41. The summed E-state index contributed by atoms with van der Waals surface area (Å²) in [6, 6.07) is 18.6. The van der Waals surface area contributed by atoms with Gasteiger partial charge in [0, 0.05) is 43.5 Å². The lowest BCUT2D eigenvalue weighted by Gasteiger charge is -2.38. The minimum Gasteiger partial charge on any atom is -0.497 e. The Morgan fingerprint density at radius 1 is 0.844 bits per heavy atom. The molecule has 4 rings (SSSR count). The van der Waals surface area contributed by atoms with Crippen LogP contribution in [0.25, 0.3) is 11.3 Å². The van der Waals surface area contributed by atoms with Gasteiger partial charge in [-0.3, -0.25) is 0 Å². The number of hydrogen-bond acceptors (Lipinski definition) is 6. The quantitative estimate of drug-likeness (QED) is 0.533. The largest absolute Gasteiger partial charge is 0.497 e. The van der Waals surface area contributed by atoms with E-state index in [0.29, 0.717) is 12.5 Å². The lowest BCUT2D eigenvalue weighted by Crippen LogP contribution is -2.46. The van der Waals surface area contributed by atoms with Gasteiger partial charge in [-0.25, -0.2) is 4.98 Å². The zero-order valence-corrected chi connectivity index (χ0v) is 19.3. The molecule has 0 amide bonds. The van der Waals surface area contributed by atoms with Crippen LogP contribution in [0.4, 0.5) is 11.4 Å². The molecule has 1 aliphatic rings. The van der Waals surface area contributed by atoms with Crippen LogP contribution in [0.5, 0.6) is 17.4 Å². The van der Waals surface area contributed by atoms with Gasteiger partial charge in [0.1, 0.15) is 11.5 Å². The van der Waals surface area contributed by atoms with Crippen LogP contribution in [0.15, 0.2) is 54.6 Å². The lowest BCUT2D eigenvalue weighted by atomic mass is 10.0. The summed E-state index contributed by atoms with van der Waals surface area (Å²) in [5.74, 6) is 2.41. The van der Waals surface area contributed by atoms with Crippen molar-refractivity contribution in [1.82, 2.24) is 4.98 Å². The molecule has 168 valence electrons. The SMILES string of the molecule is CCOc1ccc(-c2nc(OC)ccc2N2CCN(c3ccc(OC)cc3)CC2)cc1C. The lowest BCUT2D eigenvalue weighted by molar-refractivity contribution is 0.338. The maximum atomic E-state index is 5.72. The average molecular weight is 434 g/mol. The highest BCUT2D eigenvalue weighted by atomic mass is 16.5. The minimum absolute atomic E-state index is 0.618. The van der Waals surface area contributed by atoms with E-state index in [-0.39, 0.29) is 0 Å². The van der Waals surface area contributed by atoms with Gasteiger partial charge >= 0.3 is 0 Å². The Kier molecular flexibility index (Phi) is 6.69. The molecular formula is C26H31N3O3. The number of piperazine rings is 1. The van der Waals surface area contributed by atoms with Crippen molar-refractivity contribution in [2.45, 2.75) is 13.8 Å². The predicted molar refractivity (Wildman–Crippen MR) is 130 cm³/mol. The van der Waals surface area contributed by atoms with Crippen LogP contribution in [0.2, 0.25) is 0 Å². The molecule has 1 aliphatic heterocycles. The molecule has 0 bridgehead atoms. The molecule has 0 spiro atoms. The van der Waals surface area contributed by atoms with Crippen LogP contribution in [-0.2, 0) is 0 Å². The first kappa shape index (κ1) is 21.8. The molecule has 2 heterocycles. The molecule has 2 aromatic carbocycles. The fraction of sp³-hybridized carbons (Fsp3) is 0.346. The fourth-order valence-electron chi connectivity index (χ4n) is 4.13. The van der Waals surface area contributed by atoms with E-state index in [0.717, 1.165) is 60.2 Å². The fourth-order valence-corrected chi connectivity index (χ4v) is 4.13. The van der Waals surface area contributed by atoms with Crippen molar-refractivity contribution < 1.29 is 14.2 Å². The third-order valence-electron chi connectivity index (χ3n) is 5.86. The molecule has 1 fully saturated rings. The second kappa shape index (κ2) is 9.81. The molecule has 0 unspecified atom stereocenters. The van der Waals surface area contributed by atoms with Gasteiger partial charge in [0.15, 0.2) is 0 Å². The summed E-state index contributed by atoms with van der Waals surface area (Å²) in [5.41, 5.74) is 5.46. The molecule has 1 saturated heterocycles. The number of rotatable bonds is 7. The molecule has 6 nitrogen and oxygen atoms in total. The van der Waals surface area contributed by atoms with Crippen molar-refractivity contribution in [1.29, 1.82) is 0 Å². The molecule has 1 aromatic heterocycles. The molecule has 0 atom stereocenters. The first-order valence-electron chi connectivity index (χ1n) is 11.1. The molecule has 0 N–H and O–H groups in total. The summed E-state index contributed by atoms with van der Waals surface area (Å²) in [4.78, 5) is 9.64. The van der Waals surface area contributed by atoms with E-state index in [1.807, 2.05) is 31.2 Å². The van der Waals surface area contributed by atoms with Crippen molar-refractivity contribution in [3.8, 4) is 28.6 Å². The molecule has 3 aromatic rings. The van der Waals surface area contributed by atoms with E-state index in [9.17, 15) is 0 Å². The zero-order valence-electron chi connectivity index (χ0n) is 19.3. The molecule has 0 radical (unpaired) electrons. The second-order valence-corrected chi connectivity index (χ2v) is 7.81. The summed E-state index contributed by atoms with van der Waals surface area (Å²) in [6.07, 6.45) is 0. The van der Waals surface area contributed by atoms with Gasteiger partial charge < -0.3 is 24.0 Å². The van der Waals surface area contributed by atoms with Crippen LogP contribution >= 0.6 is 0 Å². The van der Waals surface area contributed by atoms with Crippen LogP contribution in [0.1, 0.15) is 12.5 Å². The highest BCUT2D eigenvalue weighted by molar-refractivity contribution is 5.77. The van der Waals surface area contributed by atoms with Gasteiger partial charge in [-0.1, -0.05) is 0 Å². The molecule has 0 aliphatic carbocycles. The minimum atomic E-state index is 0.618. The Morgan fingerprint density at radius 3 is 2.19 bits per heavy atom. The third-order valence-corrected chi connectivity index (χ3v) is 5.86. The number of aromatic nitrogens is 1. The number of nitrogens with zero attached hydrogens (tertiary/aromatic N) is 3. The Labute approximate surface area is 190 Å². The number of pyridine rings is 1. The van der Waals surface area contributed by atoms with E-state index in [1.54, 1.807) is 14.2 Å². The second-order valence-electron chi connectivity index (χ2n) is 7.81. The van der Waals surface area contributed by atoms with Crippen molar-refractivity contribution in [2.75, 3.05) is 56.8 Å². The summed E-state index contributed by atoms with van der Waals surface area (Å²) < 4.78 is 16.4. The number of benzene rings is 2. The zero-order chi connectivity index (χ0) is 22.5. The van der Waals surface area contributed by atoms with Crippen LogP contribution in [0, 0.1) is 6.92 Å². The van der Waals surface area contributed by atoms with Crippen molar-refractivity contribution in [3.63, 3.8) is 0 Å². The number of ether oxygens (including phenoxy) is 3. The van der Waals surface area contributed by atoms with Gasteiger partial charge in [0.2, 0.25) is 5.88 Å². The Morgan fingerprint density at radius 2 is 1.56 bits per heavy atom. The van der Waals surface area contributed by atoms with E-state index in [1.165, 1.54) is 5.69 Å². The van der Waals surface area contributed by atoms with Crippen LogP contribution < -0.4 is 24.0 Å². The van der Waals surface area contributed by atoms with Crippen molar-refractivity contribution in [3.05, 3.63) is 60.2 Å². The first-order valence-corrected chi connectivity index (χ1v) is 11.1. The molecule has 6 heteroatoms. The summed E-state index contributed by atoms with van der Waals surface area (Å²) in [5, 5.41) is 0. The number of anilines is 2. The Bertz CT molecular complexity index is 1040. The maximum absolute atomic E-state index is 5.72. The molecular weight excluding hydrogens is 402 g/mol. The number of hydrogen-bond donors (Lipinski definition) is 0. The van der Waals surface area contributed by atoms with E-state index in [4.69, 9.17) is 19.2 Å². The van der Waals surface area contributed by atoms with Gasteiger partial charge in [0.05, 0.1) is 32.2 Å². The van der Waals surface area contributed by atoms with Crippen LogP contribution in [-0.4, -0.2) is 52.0 Å². The molecule has 0 saturated carbocycles. The number of aryl methyl sites for hydroxylation is 1. The van der Waals surface area contributed by atoms with Gasteiger partial charge in [-0.2, -0.15) is 0 Å². The predicted octanol–water partition coefficient (Wildman–Crippen LogP) is 4.80. The average Bonchev–Trinajstić information content (AvgIpc) is 2.85. The summed E-state index contributed by atoms with van der Waals surface area (Å²) in [6.45, 7) is 8.45. The topological polar surface area (TPSA) is 47.1 Å².